The molecule has 0 bridgehead atoms. The fraction of sp³-hybridized carbons (Fsp3) is 0.200. The Morgan fingerprint density at radius 3 is 2.74 bits per heavy atom. The number of para-hydroxylation sites is 1. The molecule has 3 aromatic heterocycles. The van der Waals surface area contributed by atoms with E-state index in [2.05, 4.69) is 57.4 Å². The Morgan fingerprint density at radius 2 is 1.84 bits per heavy atom. The molecule has 6 heteroatoms. The molecule has 6 nitrogen and oxygen atoms in total. The standard InChI is InChI=1S/C25H25N5O/c1-15-22(21-5-3-4-6-24(21)28-15)11-19(26)14-31-20-9-18(12-27-13-20)17-7-8-25-23(10-17)16(2)29-30-25/h3-10,12-13,19,28H,11,14,26H2,1-2H3,(H,29,30). The van der Waals surface area contributed by atoms with E-state index in [1.165, 1.54) is 10.9 Å². The highest BCUT2D eigenvalue weighted by Crippen LogP contribution is 2.27. The second-order valence-corrected chi connectivity index (χ2v) is 8.04. The van der Waals surface area contributed by atoms with Gasteiger partial charge in [0, 0.05) is 45.5 Å². The van der Waals surface area contributed by atoms with E-state index in [1.54, 1.807) is 6.20 Å². The Kier molecular flexibility index (Phi) is 4.92. The lowest BCUT2D eigenvalue weighted by Gasteiger charge is -2.14. The minimum absolute atomic E-state index is 0.119. The van der Waals surface area contributed by atoms with Crippen LogP contribution >= 0.6 is 0 Å². The first kappa shape index (κ1) is 19.3. The van der Waals surface area contributed by atoms with Crippen LogP contribution in [0.1, 0.15) is 17.0 Å². The van der Waals surface area contributed by atoms with Gasteiger partial charge in [-0.2, -0.15) is 5.10 Å². The second-order valence-electron chi connectivity index (χ2n) is 8.04. The topological polar surface area (TPSA) is 92.6 Å². The molecule has 156 valence electrons. The number of fused-ring (bicyclic) bond motifs is 2. The number of ether oxygens (including phenoxy) is 1. The van der Waals surface area contributed by atoms with Crippen LogP contribution in [0.25, 0.3) is 32.9 Å². The summed E-state index contributed by atoms with van der Waals surface area (Å²) in [6.45, 7) is 4.53. The summed E-state index contributed by atoms with van der Waals surface area (Å²) in [6.07, 6.45) is 4.33. The van der Waals surface area contributed by atoms with Crippen LogP contribution in [-0.4, -0.2) is 32.8 Å². The highest BCUT2D eigenvalue weighted by Gasteiger charge is 2.13. The van der Waals surface area contributed by atoms with Gasteiger partial charge in [-0.25, -0.2) is 0 Å². The summed E-state index contributed by atoms with van der Waals surface area (Å²) in [6, 6.07) is 16.4. The molecule has 3 heterocycles. The molecule has 0 spiro atoms. The Bertz CT molecular complexity index is 1370. The van der Waals surface area contributed by atoms with Crippen molar-refractivity contribution >= 4 is 21.8 Å². The lowest BCUT2D eigenvalue weighted by molar-refractivity contribution is 0.287. The number of nitrogens with one attached hydrogen (secondary N) is 2. The predicted molar refractivity (Wildman–Crippen MR) is 124 cm³/mol. The van der Waals surface area contributed by atoms with E-state index in [9.17, 15) is 0 Å². The molecule has 1 atom stereocenters. The fourth-order valence-electron chi connectivity index (χ4n) is 4.10. The van der Waals surface area contributed by atoms with Crippen LogP contribution in [0.15, 0.2) is 60.9 Å². The van der Waals surface area contributed by atoms with Gasteiger partial charge in [0.25, 0.3) is 0 Å². The van der Waals surface area contributed by atoms with Gasteiger partial charge in [0.05, 0.1) is 11.7 Å². The number of hydrogen-bond donors (Lipinski definition) is 3. The predicted octanol–water partition coefficient (Wildman–Crippen LogP) is 4.67. The summed E-state index contributed by atoms with van der Waals surface area (Å²) < 4.78 is 6.01. The first-order chi connectivity index (χ1) is 15.1. The van der Waals surface area contributed by atoms with Gasteiger partial charge in [-0.1, -0.05) is 24.3 Å². The molecule has 0 saturated carbocycles. The van der Waals surface area contributed by atoms with Crippen molar-refractivity contribution in [1.82, 2.24) is 20.2 Å². The average Bonchev–Trinajstić information content (AvgIpc) is 3.32. The molecule has 1 unspecified atom stereocenters. The van der Waals surface area contributed by atoms with Crippen molar-refractivity contribution in [1.29, 1.82) is 0 Å². The molecule has 5 aromatic rings. The fourth-order valence-corrected chi connectivity index (χ4v) is 4.10. The van der Waals surface area contributed by atoms with Crippen molar-refractivity contribution < 1.29 is 4.74 Å². The number of pyridine rings is 1. The van der Waals surface area contributed by atoms with E-state index in [1.807, 2.05) is 31.3 Å². The summed E-state index contributed by atoms with van der Waals surface area (Å²) in [5, 5.41) is 9.66. The molecule has 0 amide bonds. The minimum atomic E-state index is -0.119. The number of aromatic amines is 2. The van der Waals surface area contributed by atoms with Crippen molar-refractivity contribution in [3.05, 3.63) is 77.9 Å². The Labute approximate surface area is 180 Å². The third-order valence-corrected chi connectivity index (χ3v) is 5.75. The highest BCUT2D eigenvalue weighted by molar-refractivity contribution is 5.86. The van der Waals surface area contributed by atoms with E-state index in [4.69, 9.17) is 10.5 Å². The summed E-state index contributed by atoms with van der Waals surface area (Å²) in [4.78, 5) is 7.80. The maximum absolute atomic E-state index is 6.42. The summed E-state index contributed by atoms with van der Waals surface area (Å²) in [7, 11) is 0. The third kappa shape index (κ3) is 3.78. The summed E-state index contributed by atoms with van der Waals surface area (Å²) in [5.74, 6) is 0.715. The average molecular weight is 412 g/mol. The van der Waals surface area contributed by atoms with Crippen LogP contribution in [-0.2, 0) is 6.42 Å². The molecule has 2 aromatic carbocycles. The number of hydrogen-bond acceptors (Lipinski definition) is 4. The lowest BCUT2D eigenvalue weighted by Crippen LogP contribution is -2.30. The van der Waals surface area contributed by atoms with Gasteiger partial charge in [-0.05, 0) is 55.7 Å². The number of nitrogens with two attached hydrogens (primary N) is 1. The minimum Gasteiger partial charge on any atom is -0.490 e. The van der Waals surface area contributed by atoms with E-state index < -0.39 is 0 Å². The van der Waals surface area contributed by atoms with Gasteiger partial charge >= 0.3 is 0 Å². The molecule has 0 radical (unpaired) electrons. The zero-order chi connectivity index (χ0) is 21.4. The first-order valence-corrected chi connectivity index (χ1v) is 10.4. The second kappa shape index (κ2) is 7.89. The van der Waals surface area contributed by atoms with Crippen LogP contribution in [0.3, 0.4) is 0 Å². The molecule has 0 saturated heterocycles. The molecule has 0 aliphatic carbocycles. The first-order valence-electron chi connectivity index (χ1n) is 10.4. The van der Waals surface area contributed by atoms with Crippen LogP contribution in [0.5, 0.6) is 5.75 Å². The summed E-state index contributed by atoms with van der Waals surface area (Å²) >= 11 is 0. The van der Waals surface area contributed by atoms with Crippen molar-refractivity contribution in [2.24, 2.45) is 5.73 Å². The van der Waals surface area contributed by atoms with Crippen molar-refractivity contribution in [2.75, 3.05) is 6.61 Å². The molecular weight excluding hydrogens is 386 g/mol. The van der Waals surface area contributed by atoms with Crippen molar-refractivity contribution in [3.63, 3.8) is 0 Å². The normalized spacial score (nSPS) is 12.5. The quantitative estimate of drug-likeness (QED) is 0.378. The molecule has 4 N–H and O–H groups in total. The van der Waals surface area contributed by atoms with Gasteiger partial charge in [0.2, 0.25) is 0 Å². The van der Waals surface area contributed by atoms with Gasteiger partial charge in [-0.3, -0.25) is 10.1 Å². The Hall–Kier alpha value is -3.64. The Balaban J connectivity index is 1.30. The number of aryl methyl sites for hydroxylation is 2. The van der Waals surface area contributed by atoms with Crippen molar-refractivity contribution in [2.45, 2.75) is 26.3 Å². The molecule has 31 heavy (non-hydrogen) atoms. The smallest absolute Gasteiger partial charge is 0.138 e. The number of rotatable bonds is 6. The van der Waals surface area contributed by atoms with Crippen LogP contribution in [0.2, 0.25) is 0 Å². The molecule has 5 rings (SSSR count). The van der Waals surface area contributed by atoms with E-state index >= 15 is 0 Å². The van der Waals surface area contributed by atoms with Crippen LogP contribution in [0, 0.1) is 13.8 Å². The van der Waals surface area contributed by atoms with Gasteiger partial charge in [0.1, 0.15) is 12.4 Å². The van der Waals surface area contributed by atoms with Crippen molar-refractivity contribution in [3.8, 4) is 16.9 Å². The molecule has 0 aliphatic rings. The number of H-pyrrole nitrogens is 2. The largest absolute Gasteiger partial charge is 0.490 e. The SMILES string of the molecule is Cc1[nH]c2ccccc2c1CC(N)COc1cncc(-c2ccc3n[nH]c(C)c3c2)c1. The highest BCUT2D eigenvalue weighted by atomic mass is 16.5. The third-order valence-electron chi connectivity index (χ3n) is 5.75. The van der Waals surface area contributed by atoms with E-state index in [0.717, 1.165) is 45.4 Å². The molecule has 0 aliphatic heterocycles. The van der Waals surface area contributed by atoms with E-state index in [-0.39, 0.29) is 6.04 Å². The van der Waals surface area contributed by atoms with E-state index in [0.29, 0.717) is 12.4 Å². The monoisotopic (exact) mass is 411 g/mol. The van der Waals surface area contributed by atoms with Crippen LogP contribution in [0.4, 0.5) is 0 Å². The zero-order valence-corrected chi connectivity index (χ0v) is 17.6. The maximum atomic E-state index is 6.42. The van der Waals surface area contributed by atoms with Crippen LogP contribution < -0.4 is 10.5 Å². The number of benzene rings is 2. The summed E-state index contributed by atoms with van der Waals surface area (Å²) in [5.41, 5.74) is 14.1. The lowest BCUT2D eigenvalue weighted by atomic mass is 10.0. The Morgan fingerprint density at radius 1 is 0.968 bits per heavy atom. The van der Waals surface area contributed by atoms with Gasteiger partial charge in [0.15, 0.2) is 0 Å². The maximum Gasteiger partial charge on any atom is 0.138 e. The zero-order valence-electron chi connectivity index (χ0n) is 17.6. The van der Waals surface area contributed by atoms with Gasteiger partial charge in [-0.15, -0.1) is 0 Å². The molecule has 0 fully saturated rings. The molecular formula is C25H25N5O. The number of nitrogens with zero attached hydrogens (tertiary/aromatic N) is 2. The van der Waals surface area contributed by atoms with Gasteiger partial charge < -0.3 is 15.5 Å². The number of aromatic nitrogens is 4.